The Kier molecular flexibility index (Phi) is 4.25. The molecule has 148 valence electrons. The molecule has 5 aromatic rings. The van der Waals surface area contributed by atoms with Gasteiger partial charge in [0, 0.05) is 31.1 Å². The molecule has 0 spiro atoms. The molecule has 0 unspecified atom stereocenters. The van der Waals surface area contributed by atoms with Gasteiger partial charge in [0.15, 0.2) is 5.65 Å². The number of halogens is 1. The molecule has 7 nitrogen and oxygen atoms in total. The van der Waals surface area contributed by atoms with Gasteiger partial charge in [-0.3, -0.25) is 13.8 Å². The summed E-state index contributed by atoms with van der Waals surface area (Å²) in [6, 6.07) is 14.7. The quantitative estimate of drug-likeness (QED) is 0.253. The Bertz CT molecular complexity index is 1500. The Hall–Kier alpha value is -3.71. The Balaban J connectivity index is 1.94. The third-order valence-electron chi connectivity index (χ3n) is 4.81. The summed E-state index contributed by atoms with van der Waals surface area (Å²) in [5.41, 5.74) is 3.32. The minimum atomic E-state index is -0.147. The summed E-state index contributed by atoms with van der Waals surface area (Å²) in [5, 5.41) is 1.76. The lowest BCUT2D eigenvalue weighted by atomic mass is 10.1. The van der Waals surface area contributed by atoms with Crippen LogP contribution in [0.3, 0.4) is 0 Å². The highest BCUT2D eigenvalue weighted by Gasteiger charge is 2.18. The number of nitrogens with zero attached hydrogens (tertiary/aromatic N) is 6. The maximum Gasteiger partial charge on any atom is 0.264 e. The number of hydrogen-bond acceptors (Lipinski definition) is 4. The van der Waals surface area contributed by atoms with Gasteiger partial charge in [0.25, 0.3) is 5.56 Å². The molecule has 0 atom stereocenters. The second-order valence-corrected chi connectivity index (χ2v) is 7.52. The zero-order valence-electron chi connectivity index (χ0n) is 16.3. The third kappa shape index (κ3) is 2.91. The monoisotopic (exact) mass is 416 g/mol. The zero-order valence-corrected chi connectivity index (χ0v) is 17.1. The third-order valence-corrected chi connectivity index (χ3v) is 5.04. The largest absolute Gasteiger partial charge is 0.369 e. The van der Waals surface area contributed by atoms with Crippen LogP contribution in [0.15, 0.2) is 70.7 Å². The van der Waals surface area contributed by atoms with Crippen molar-refractivity contribution in [3.8, 4) is 5.69 Å². The molecule has 1 aromatic carbocycles. The van der Waals surface area contributed by atoms with E-state index in [9.17, 15) is 4.79 Å². The van der Waals surface area contributed by atoms with Gasteiger partial charge in [0.2, 0.25) is 0 Å². The molecule has 0 N–H and O–H groups in total. The molecule has 0 aliphatic carbocycles. The van der Waals surface area contributed by atoms with Crippen LogP contribution < -0.4 is 5.56 Å². The van der Waals surface area contributed by atoms with Crippen LogP contribution in [0, 0.1) is 0 Å². The summed E-state index contributed by atoms with van der Waals surface area (Å²) >= 11 is 5.97. The first-order valence-corrected chi connectivity index (χ1v) is 9.69. The number of aromatic nitrogens is 4. The number of hydrogen-bond donors (Lipinski definition) is 0. The van der Waals surface area contributed by atoms with Crippen LogP contribution in [0.25, 0.3) is 33.3 Å². The molecule has 0 fully saturated rings. The van der Waals surface area contributed by atoms with Gasteiger partial charge in [0.05, 0.1) is 23.9 Å². The van der Waals surface area contributed by atoms with E-state index >= 15 is 0 Å². The van der Waals surface area contributed by atoms with Crippen molar-refractivity contribution in [3.05, 3.63) is 76.4 Å². The Morgan fingerprint density at radius 3 is 2.60 bits per heavy atom. The number of benzene rings is 1. The second kappa shape index (κ2) is 6.96. The first-order chi connectivity index (χ1) is 14.5. The first kappa shape index (κ1) is 18.3. The number of aliphatic imine (C=N–C) groups is 1. The topological polar surface area (TPSA) is 67.8 Å². The van der Waals surface area contributed by atoms with E-state index in [-0.39, 0.29) is 5.56 Å². The van der Waals surface area contributed by atoms with Crippen LogP contribution in [-0.4, -0.2) is 44.3 Å². The standard InChI is InChI=1S/C22H17ClN6O/c1-27(2)13-25-14-7-10-19-26-20-16-5-3-4-6-17(16)22(30)29(21(20)28(19)12-14)15-8-9-18(23)24-11-15/h3-13H,1-2H3/b25-13+. The predicted molar refractivity (Wildman–Crippen MR) is 120 cm³/mol. The molecular weight excluding hydrogens is 400 g/mol. The highest BCUT2D eigenvalue weighted by Crippen LogP contribution is 2.27. The molecule has 30 heavy (non-hydrogen) atoms. The predicted octanol–water partition coefficient (Wildman–Crippen LogP) is 4.06. The maximum absolute atomic E-state index is 13.5. The molecule has 0 radical (unpaired) electrons. The highest BCUT2D eigenvalue weighted by molar-refractivity contribution is 6.29. The number of fused-ring (bicyclic) bond motifs is 5. The van der Waals surface area contributed by atoms with Crippen molar-refractivity contribution in [1.82, 2.24) is 23.8 Å². The lowest BCUT2D eigenvalue weighted by Gasteiger charge is -2.11. The molecule has 4 heterocycles. The average molecular weight is 417 g/mol. The van der Waals surface area contributed by atoms with Crippen LogP contribution >= 0.6 is 11.6 Å². The SMILES string of the molecule is CN(C)/C=N/c1ccc2nc3c4ccccc4c(=O)n(-c4ccc(Cl)nc4)c3n2c1. The van der Waals surface area contributed by atoms with Gasteiger partial charge in [-0.1, -0.05) is 29.8 Å². The fourth-order valence-corrected chi connectivity index (χ4v) is 3.62. The van der Waals surface area contributed by atoms with Crippen LogP contribution in [0.5, 0.6) is 0 Å². The zero-order chi connectivity index (χ0) is 20.8. The van der Waals surface area contributed by atoms with E-state index in [2.05, 4.69) is 9.98 Å². The normalized spacial score (nSPS) is 11.8. The minimum absolute atomic E-state index is 0.147. The summed E-state index contributed by atoms with van der Waals surface area (Å²) in [6.07, 6.45) is 5.19. The van der Waals surface area contributed by atoms with Crippen molar-refractivity contribution < 1.29 is 0 Å². The van der Waals surface area contributed by atoms with Gasteiger partial charge in [-0.2, -0.15) is 0 Å². The molecular formula is C22H17ClN6O. The number of rotatable bonds is 3. The van der Waals surface area contributed by atoms with E-state index in [1.165, 1.54) is 0 Å². The van der Waals surface area contributed by atoms with Gasteiger partial charge in [-0.25, -0.2) is 15.0 Å². The van der Waals surface area contributed by atoms with Crippen molar-refractivity contribution in [1.29, 1.82) is 0 Å². The van der Waals surface area contributed by atoms with Crippen molar-refractivity contribution >= 4 is 51.2 Å². The Morgan fingerprint density at radius 2 is 1.87 bits per heavy atom. The summed E-state index contributed by atoms with van der Waals surface area (Å²) in [7, 11) is 3.82. The molecule has 0 bridgehead atoms. The molecule has 0 amide bonds. The molecule has 0 saturated carbocycles. The Morgan fingerprint density at radius 1 is 1.07 bits per heavy atom. The molecule has 4 aromatic heterocycles. The summed E-state index contributed by atoms with van der Waals surface area (Å²) in [4.78, 5) is 28.8. The van der Waals surface area contributed by atoms with Crippen molar-refractivity contribution in [2.45, 2.75) is 0 Å². The first-order valence-electron chi connectivity index (χ1n) is 9.31. The molecule has 0 aliphatic heterocycles. The van der Waals surface area contributed by atoms with Gasteiger partial charge >= 0.3 is 0 Å². The minimum Gasteiger partial charge on any atom is -0.369 e. The lowest BCUT2D eigenvalue weighted by Crippen LogP contribution is -2.20. The van der Waals surface area contributed by atoms with Gasteiger partial charge in [-0.05, 0) is 30.3 Å². The van der Waals surface area contributed by atoms with Gasteiger partial charge in [-0.15, -0.1) is 0 Å². The molecule has 0 aliphatic rings. The van der Waals surface area contributed by atoms with E-state index in [0.717, 1.165) is 22.2 Å². The molecule has 8 heteroatoms. The summed E-state index contributed by atoms with van der Waals surface area (Å²) < 4.78 is 3.51. The van der Waals surface area contributed by atoms with Crippen molar-refractivity contribution in [2.75, 3.05) is 14.1 Å². The smallest absolute Gasteiger partial charge is 0.264 e. The molecule has 5 rings (SSSR count). The summed E-state index contributed by atoms with van der Waals surface area (Å²) in [5.74, 6) is 0. The Labute approximate surface area is 176 Å². The van der Waals surface area contributed by atoms with E-state index in [0.29, 0.717) is 21.9 Å². The van der Waals surface area contributed by atoms with Gasteiger partial charge < -0.3 is 4.90 Å². The van der Waals surface area contributed by atoms with Crippen LogP contribution in [0.2, 0.25) is 5.15 Å². The van der Waals surface area contributed by atoms with E-state index in [4.69, 9.17) is 16.6 Å². The van der Waals surface area contributed by atoms with E-state index < -0.39 is 0 Å². The van der Waals surface area contributed by atoms with E-state index in [1.54, 1.807) is 29.2 Å². The van der Waals surface area contributed by atoms with Gasteiger partial charge in [0.1, 0.15) is 16.3 Å². The maximum atomic E-state index is 13.5. The fourth-order valence-electron chi connectivity index (χ4n) is 3.51. The van der Waals surface area contributed by atoms with Crippen LogP contribution in [0.1, 0.15) is 0 Å². The number of imidazole rings is 1. The average Bonchev–Trinajstić information content (AvgIpc) is 3.12. The second-order valence-electron chi connectivity index (χ2n) is 7.13. The summed E-state index contributed by atoms with van der Waals surface area (Å²) in [6.45, 7) is 0. The highest BCUT2D eigenvalue weighted by atomic mass is 35.5. The van der Waals surface area contributed by atoms with Crippen LogP contribution in [0.4, 0.5) is 5.69 Å². The fraction of sp³-hybridized carbons (Fsp3) is 0.0909. The molecule has 0 saturated heterocycles. The number of pyridine rings is 3. The van der Waals surface area contributed by atoms with Crippen molar-refractivity contribution in [2.24, 2.45) is 4.99 Å². The van der Waals surface area contributed by atoms with E-state index in [1.807, 2.05) is 66.0 Å². The lowest BCUT2D eigenvalue weighted by molar-refractivity contribution is 0.643. The van der Waals surface area contributed by atoms with Crippen LogP contribution in [-0.2, 0) is 0 Å². The van der Waals surface area contributed by atoms with Crippen molar-refractivity contribution in [3.63, 3.8) is 0 Å².